The molecule has 92 valence electrons. The third-order valence-corrected chi connectivity index (χ3v) is 2.97. The van der Waals surface area contributed by atoms with E-state index >= 15 is 0 Å². The quantitative estimate of drug-likeness (QED) is 0.867. The van der Waals surface area contributed by atoms with E-state index in [2.05, 4.69) is 0 Å². The second kappa shape index (κ2) is 4.49. The maximum Gasteiger partial charge on any atom is 0.127 e. The fourth-order valence-electron chi connectivity index (χ4n) is 2.11. The van der Waals surface area contributed by atoms with Crippen molar-refractivity contribution in [3.63, 3.8) is 0 Å². The minimum atomic E-state index is -0.404. The molecule has 1 atom stereocenters. The number of hydrogen-bond acceptors (Lipinski definition) is 1. The highest BCUT2D eigenvalue weighted by atomic mass is 19.1. The van der Waals surface area contributed by atoms with Crippen molar-refractivity contribution in [2.24, 2.45) is 0 Å². The minimum absolute atomic E-state index is 0.151. The molecule has 0 fully saturated rings. The van der Waals surface area contributed by atoms with Crippen LogP contribution in [0, 0.1) is 5.82 Å². The smallest absolute Gasteiger partial charge is 0.127 e. The zero-order valence-electron chi connectivity index (χ0n) is 10.4. The van der Waals surface area contributed by atoms with Gasteiger partial charge in [-0.3, -0.25) is 0 Å². The Balaban J connectivity index is 2.55. The van der Waals surface area contributed by atoms with Crippen molar-refractivity contribution in [3.8, 4) is 0 Å². The van der Waals surface area contributed by atoms with E-state index in [9.17, 15) is 9.50 Å². The van der Waals surface area contributed by atoms with Gasteiger partial charge in [0.25, 0.3) is 0 Å². The molecule has 0 saturated heterocycles. The first-order valence-electron chi connectivity index (χ1n) is 5.95. The molecule has 0 radical (unpaired) electrons. The fraction of sp³-hybridized carbons (Fsp3) is 0.429. The first-order valence-corrected chi connectivity index (χ1v) is 5.95. The molecule has 17 heavy (non-hydrogen) atoms. The summed E-state index contributed by atoms with van der Waals surface area (Å²) >= 11 is 0. The number of fused-ring (bicyclic) bond motifs is 1. The Labute approximate surface area is 101 Å². The van der Waals surface area contributed by atoms with Crippen LogP contribution in [-0.4, -0.2) is 15.8 Å². The highest BCUT2D eigenvalue weighted by Gasteiger charge is 2.11. The van der Waals surface area contributed by atoms with Gasteiger partial charge in [-0.2, -0.15) is 0 Å². The molecule has 3 heteroatoms. The number of benzene rings is 1. The van der Waals surface area contributed by atoms with Crippen LogP contribution in [0.1, 0.15) is 32.3 Å². The number of rotatable bonds is 3. The lowest BCUT2D eigenvalue weighted by atomic mass is 10.0. The zero-order chi connectivity index (χ0) is 12.6. The Kier molecular flexibility index (Phi) is 3.20. The summed E-state index contributed by atoms with van der Waals surface area (Å²) in [6, 6.07) is 5.34. The summed E-state index contributed by atoms with van der Waals surface area (Å²) in [5, 5.41) is 10.3. The van der Waals surface area contributed by atoms with Gasteiger partial charge < -0.3 is 9.67 Å². The number of aliphatic hydroxyl groups excluding tert-OH is 1. The molecule has 0 aliphatic carbocycles. The number of aromatic nitrogens is 1. The lowest BCUT2D eigenvalue weighted by Gasteiger charge is -2.11. The van der Waals surface area contributed by atoms with Crippen LogP contribution < -0.4 is 0 Å². The predicted octanol–water partition coefficient (Wildman–Crippen LogP) is 3.28. The van der Waals surface area contributed by atoms with Crippen LogP contribution in [-0.2, 0) is 6.54 Å². The third kappa shape index (κ3) is 2.34. The van der Waals surface area contributed by atoms with Crippen molar-refractivity contribution >= 4 is 10.9 Å². The van der Waals surface area contributed by atoms with E-state index in [1.807, 2.05) is 36.7 Å². The van der Waals surface area contributed by atoms with E-state index in [-0.39, 0.29) is 11.7 Å². The lowest BCUT2D eigenvalue weighted by molar-refractivity contribution is 0.175. The molecule has 0 bridgehead atoms. The van der Waals surface area contributed by atoms with E-state index in [0.29, 0.717) is 6.54 Å². The summed E-state index contributed by atoms with van der Waals surface area (Å²) in [5.41, 5.74) is 1.71. The largest absolute Gasteiger partial charge is 0.392 e. The molecular weight excluding hydrogens is 217 g/mol. The van der Waals surface area contributed by atoms with E-state index in [1.54, 1.807) is 13.0 Å². The molecular formula is C14H18FNO. The van der Waals surface area contributed by atoms with Gasteiger partial charge in [0.1, 0.15) is 5.82 Å². The van der Waals surface area contributed by atoms with Gasteiger partial charge in [-0.1, -0.05) is 13.8 Å². The van der Waals surface area contributed by atoms with Gasteiger partial charge in [-0.15, -0.1) is 0 Å². The Morgan fingerprint density at radius 1 is 1.29 bits per heavy atom. The van der Waals surface area contributed by atoms with Crippen LogP contribution in [0.4, 0.5) is 4.39 Å². The van der Waals surface area contributed by atoms with Crippen molar-refractivity contribution in [3.05, 3.63) is 35.8 Å². The standard InChI is InChI=1S/C14H18FNO/c1-9(2)12-7-14-11(6-13(12)15)4-5-16(14)8-10(3)17/h4-7,9-10,17H,8H2,1-3H3/t10-/m1/s1. The van der Waals surface area contributed by atoms with Crippen LogP contribution in [0.25, 0.3) is 10.9 Å². The summed E-state index contributed by atoms with van der Waals surface area (Å²) in [5.74, 6) is 0.0107. The summed E-state index contributed by atoms with van der Waals surface area (Å²) in [6.07, 6.45) is 1.49. The molecule has 0 amide bonds. The second-order valence-electron chi connectivity index (χ2n) is 4.90. The summed E-state index contributed by atoms with van der Waals surface area (Å²) in [7, 11) is 0. The first-order chi connectivity index (χ1) is 7.99. The van der Waals surface area contributed by atoms with Crippen molar-refractivity contribution in [1.82, 2.24) is 4.57 Å². The van der Waals surface area contributed by atoms with Crippen LogP contribution in [0.15, 0.2) is 24.4 Å². The Morgan fingerprint density at radius 3 is 2.59 bits per heavy atom. The topological polar surface area (TPSA) is 25.2 Å². The summed E-state index contributed by atoms with van der Waals surface area (Å²) in [6.45, 7) is 6.24. The summed E-state index contributed by atoms with van der Waals surface area (Å²) < 4.78 is 15.7. The number of aliphatic hydroxyl groups is 1. The monoisotopic (exact) mass is 235 g/mol. The summed E-state index contributed by atoms with van der Waals surface area (Å²) in [4.78, 5) is 0. The van der Waals surface area contributed by atoms with Crippen molar-refractivity contribution in [1.29, 1.82) is 0 Å². The van der Waals surface area contributed by atoms with Crippen LogP contribution in [0.2, 0.25) is 0 Å². The minimum Gasteiger partial charge on any atom is -0.392 e. The van der Waals surface area contributed by atoms with Crippen molar-refractivity contribution in [2.45, 2.75) is 39.3 Å². The third-order valence-electron chi connectivity index (χ3n) is 2.97. The molecule has 1 heterocycles. The molecule has 1 N–H and O–H groups in total. The molecule has 1 aromatic heterocycles. The molecule has 1 aromatic carbocycles. The Hall–Kier alpha value is -1.35. The molecule has 0 unspecified atom stereocenters. The zero-order valence-corrected chi connectivity index (χ0v) is 10.4. The van der Waals surface area contributed by atoms with Gasteiger partial charge in [0.15, 0.2) is 0 Å². The van der Waals surface area contributed by atoms with Gasteiger partial charge in [0, 0.05) is 23.6 Å². The average molecular weight is 235 g/mol. The van der Waals surface area contributed by atoms with Gasteiger partial charge in [0.05, 0.1) is 6.10 Å². The van der Waals surface area contributed by atoms with Crippen LogP contribution >= 0.6 is 0 Å². The van der Waals surface area contributed by atoms with Gasteiger partial charge in [-0.05, 0) is 36.6 Å². The van der Waals surface area contributed by atoms with E-state index in [4.69, 9.17) is 0 Å². The average Bonchev–Trinajstić information content (AvgIpc) is 2.58. The van der Waals surface area contributed by atoms with Crippen molar-refractivity contribution in [2.75, 3.05) is 0 Å². The molecule has 0 aliphatic heterocycles. The van der Waals surface area contributed by atoms with E-state index < -0.39 is 6.10 Å². The number of nitrogens with zero attached hydrogens (tertiary/aromatic N) is 1. The number of hydrogen-bond donors (Lipinski definition) is 1. The Morgan fingerprint density at radius 2 is 2.00 bits per heavy atom. The Bertz CT molecular complexity index is 528. The normalized spacial score (nSPS) is 13.5. The predicted molar refractivity (Wildman–Crippen MR) is 67.7 cm³/mol. The molecule has 2 rings (SSSR count). The SMILES string of the molecule is CC(C)c1cc2c(ccn2C[C@@H](C)O)cc1F. The lowest BCUT2D eigenvalue weighted by Crippen LogP contribution is -2.10. The fourth-order valence-corrected chi connectivity index (χ4v) is 2.11. The molecule has 0 spiro atoms. The molecule has 2 nitrogen and oxygen atoms in total. The molecule has 2 aromatic rings. The first kappa shape index (κ1) is 12.1. The number of halogens is 1. The van der Waals surface area contributed by atoms with Gasteiger partial charge >= 0.3 is 0 Å². The van der Waals surface area contributed by atoms with Crippen LogP contribution in [0.3, 0.4) is 0 Å². The maximum atomic E-state index is 13.8. The highest BCUT2D eigenvalue weighted by Crippen LogP contribution is 2.25. The molecule has 0 aliphatic rings. The molecule has 0 saturated carbocycles. The van der Waals surface area contributed by atoms with Crippen LogP contribution in [0.5, 0.6) is 0 Å². The second-order valence-corrected chi connectivity index (χ2v) is 4.90. The van der Waals surface area contributed by atoms with Gasteiger partial charge in [-0.25, -0.2) is 4.39 Å². The van der Waals surface area contributed by atoms with Gasteiger partial charge in [0.2, 0.25) is 0 Å². The highest BCUT2D eigenvalue weighted by molar-refractivity contribution is 5.81. The van der Waals surface area contributed by atoms with E-state index in [0.717, 1.165) is 16.5 Å². The maximum absolute atomic E-state index is 13.8. The van der Waals surface area contributed by atoms with Crippen molar-refractivity contribution < 1.29 is 9.50 Å². The van der Waals surface area contributed by atoms with E-state index in [1.165, 1.54) is 0 Å².